The molecule has 0 radical (unpaired) electrons. The molecule has 1 saturated heterocycles. The number of Topliss-reactive ketones (excluding diaryl/α,β-unsaturated/α-hetero) is 1. The third-order valence-electron chi connectivity index (χ3n) is 7.78. The second-order valence-electron chi connectivity index (χ2n) is 10.5. The topological polar surface area (TPSA) is 57.1 Å². The molecule has 3 atom stereocenters. The number of benzene rings is 1. The Morgan fingerprint density at radius 2 is 2.06 bits per heavy atom. The molecular formula is C26H34N4O. The number of nitrogens with one attached hydrogen (secondary N) is 1. The van der Waals surface area contributed by atoms with Crippen LogP contribution in [-0.2, 0) is 10.2 Å². The van der Waals surface area contributed by atoms with E-state index in [1.165, 1.54) is 30.5 Å². The predicted molar refractivity (Wildman–Crippen MR) is 124 cm³/mol. The summed E-state index contributed by atoms with van der Waals surface area (Å²) in [5.74, 6) is 0.267. The third kappa shape index (κ3) is 3.16. The van der Waals surface area contributed by atoms with Crippen LogP contribution in [0.1, 0.15) is 71.8 Å². The van der Waals surface area contributed by atoms with E-state index in [-0.39, 0.29) is 17.4 Å². The van der Waals surface area contributed by atoms with Gasteiger partial charge < -0.3 is 10.2 Å². The minimum atomic E-state index is -0.461. The van der Waals surface area contributed by atoms with Gasteiger partial charge in [-0.05, 0) is 62.1 Å². The van der Waals surface area contributed by atoms with Gasteiger partial charge in [-0.3, -0.25) is 4.79 Å². The molecule has 31 heavy (non-hydrogen) atoms. The summed E-state index contributed by atoms with van der Waals surface area (Å²) in [6.45, 7) is 10.00. The maximum atomic E-state index is 13.6. The number of azo groups is 1. The van der Waals surface area contributed by atoms with Gasteiger partial charge in [-0.1, -0.05) is 32.9 Å². The van der Waals surface area contributed by atoms with Gasteiger partial charge in [0.2, 0.25) is 0 Å². The molecule has 5 rings (SSSR count). The smallest absolute Gasteiger partial charge is 0.164 e. The van der Waals surface area contributed by atoms with E-state index < -0.39 is 5.41 Å². The largest absolute Gasteiger partial charge is 0.369 e. The Hall–Kier alpha value is -2.43. The summed E-state index contributed by atoms with van der Waals surface area (Å²) in [4.78, 5) is 16.2. The molecule has 5 nitrogen and oxygen atoms in total. The first-order valence-electron chi connectivity index (χ1n) is 11.9. The summed E-state index contributed by atoms with van der Waals surface area (Å²) in [6.07, 6.45) is 7.80. The van der Waals surface area contributed by atoms with Crippen molar-refractivity contribution in [3.05, 3.63) is 52.9 Å². The fourth-order valence-electron chi connectivity index (χ4n) is 6.32. The Bertz CT molecular complexity index is 1000. The monoisotopic (exact) mass is 418 g/mol. The van der Waals surface area contributed by atoms with E-state index in [1.807, 2.05) is 6.20 Å². The number of carbonyl (C=O) groups excluding carboxylic acids is 1. The van der Waals surface area contributed by atoms with Gasteiger partial charge in [-0.2, -0.15) is 10.2 Å². The molecule has 1 fully saturated rings. The zero-order valence-electron chi connectivity index (χ0n) is 19.2. The predicted octanol–water partition coefficient (Wildman–Crippen LogP) is 5.64. The SMILES string of the molecule is CC[C@]1(c2cccc(N3CCCC[C@H]3C)c2)C2=CN=NC2NC2=C1C(=O)CC(C)(C)C2. The number of piperidine rings is 1. The van der Waals surface area contributed by atoms with Gasteiger partial charge in [0.05, 0.1) is 11.6 Å². The Morgan fingerprint density at radius 1 is 1.23 bits per heavy atom. The van der Waals surface area contributed by atoms with Crippen LogP contribution in [0.4, 0.5) is 5.69 Å². The van der Waals surface area contributed by atoms with E-state index >= 15 is 0 Å². The first-order valence-corrected chi connectivity index (χ1v) is 11.9. The summed E-state index contributed by atoms with van der Waals surface area (Å²) in [5.41, 5.74) is 5.12. The van der Waals surface area contributed by atoms with E-state index in [4.69, 9.17) is 0 Å². The van der Waals surface area contributed by atoms with Gasteiger partial charge in [0.15, 0.2) is 11.9 Å². The Balaban J connectivity index is 1.68. The summed E-state index contributed by atoms with van der Waals surface area (Å²) in [6, 6.07) is 9.49. The lowest BCUT2D eigenvalue weighted by Crippen LogP contribution is -2.51. The molecule has 1 aromatic rings. The van der Waals surface area contributed by atoms with Crippen molar-refractivity contribution in [2.45, 2.75) is 83.8 Å². The van der Waals surface area contributed by atoms with E-state index in [9.17, 15) is 4.79 Å². The lowest BCUT2D eigenvalue weighted by molar-refractivity contribution is -0.119. The zero-order valence-corrected chi connectivity index (χ0v) is 19.2. The molecule has 0 saturated carbocycles. The molecule has 0 aromatic heterocycles. The van der Waals surface area contributed by atoms with Gasteiger partial charge in [0, 0.05) is 41.5 Å². The number of carbonyl (C=O) groups is 1. The van der Waals surface area contributed by atoms with Crippen LogP contribution in [0.5, 0.6) is 0 Å². The average molecular weight is 419 g/mol. The van der Waals surface area contributed by atoms with E-state index in [0.717, 1.165) is 36.2 Å². The highest BCUT2D eigenvalue weighted by molar-refractivity contribution is 6.01. The van der Waals surface area contributed by atoms with Crippen LogP contribution in [0.3, 0.4) is 0 Å². The fraction of sp³-hybridized carbons (Fsp3) is 0.577. The van der Waals surface area contributed by atoms with Crippen molar-refractivity contribution in [2.75, 3.05) is 11.4 Å². The Kier molecular flexibility index (Phi) is 4.83. The van der Waals surface area contributed by atoms with Crippen LogP contribution in [0.15, 0.2) is 57.5 Å². The van der Waals surface area contributed by atoms with Crippen molar-refractivity contribution in [3.63, 3.8) is 0 Å². The highest BCUT2D eigenvalue weighted by atomic mass is 16.1. The van der Waals surface area contributed by atoms with Crippen molar-refractivity contribution < 1.29 is 4.79 Å². The van der Waals surface area contributed by atoms with Crippen molar-refractivity contribution in [2.24, 2.45) is 15.6 Å². The summed E-state index contributed by atoms with van der Waals surface area (Å²) < 4.78 is 0. The minimum absolute atomic E-state index is 0.0373. The third-order valence-corrected chi connectivity index (χ3v) is 7.78. The number of fused-ring (bicyclic) bond motifs is 1. The maximum absolute atomic E-state index is 13.6. The van der Waals surface area contributed by atoms with E-state index in [1.54, 1.807) is 0 Å². The van der Waals surface area contributed by atoms with Gasteiger partial charge in [0.25, 0.3) is 0 Å². The number of anilines is 1. The van der Waals surface area contributed by atoms with Crippen LogP contribution < -0.4 is 10.2 Å². The molecule has 4 aliphatic rings. The molecule has 0 bridgehead atoms. The van der Waals surface area contributed by atoms with Crippen LogP contribution in [0.2, 0.25) is 0 Å². The fourth-order valence-corrected chi connectivity index (χ4v) is 6.32. The lowest BCUT2D eigenvalue weighted by Gasteiger charge is -2.48. The van der Waals surface area contributed by atoms with Gasteiger partial charge in [0.1, 0.15) is 0 Å². The zero-order chi connectivity index (χ0) is 21.8. The number of hydrogen-bond acceptors (Lipinski definition) is 5. The first-order chi connectivity index (χ1) is 14.9. The van der Waals surface area contributed by atoms with E-state index in [2.05, 4.69) is 72.4 Å². The summed E-state index contributed by atoms with van der Waals surface area (Å²) >= 11 is 0. The number of ketones is 1. The average Bonchev–Trinajstić information content (AvgIpc) is 3.20. The molecule has 0 spiro atoms. The second-order valence-corrected chi connectivity index (χ2v) is 10.5. The second kappa shape index (κ2) is 7.32. The Morgan fingerprint density at radius 3 is 2.84 bits per heavy atom. The quantitative estimate of drug-likeness (QED) is 0.691. The Labute approximate surface area is 185 Å². The van der Waals surface area contributed by atoms with Gasteiger partial charge in [-0.25, -0.2) is 0 Å². The number of hydrogen-bond donors (Lipinski definition) is 1. The van der Waals surface area contributed by atoms with Gasteiger partial charge in [-0.15, -0.1) is 0 Å². The number of nitrogens with zero attached hydrogens (tertiary/aromatic N) is 3. The van der Waals surface area contributed by atoms with Crippen LogP contribution in [0, 0.1) is 5.41 Å². The summed E-state index contributed by atoms with van der Waals surface area (Å²) in [7, 11) is 0. The minimum Gasteiger partial charge on any atom is -0.369 e. The van der Waals surface area contributed by atoms with Crippen molar-refractivity contribution in [1.82, 2.24) is 5.32 Å². The van der Waals surface area contributed by atoms with Crippen LogP contribution in [0.25, 0.3) is 0 Å². The molecule has 0 amide bonds. The highest BCUT2D eigenvalue weighted by Crippen LogP contribution is 2.54. The standard InChI is InChI=1S/C26H34N4O/c1-5-26(18-10-8-11-19(13-18)30-12-7-6-9-17(30)2)20-16-27-29-24(20)28-21-14-25(3,4)15-22(31)23(21)26/h8,10-11,13,16-17,24,28H,5-7,9,12,14-15H2,1-4H3/t17-,24?,26+/m1/s1. The van der Waals surface area contributed by atoms with Crippen molar-refractivity contribution in [3.8, 4) is 0 Å². The normalized spacial score (nSPS) is 31.8. The van der Waals surface area contributed by atoms with Crippen LogP contribution >= 0.6 is 0 Å². The maximum Gasteiger partial charge on any atom is 0.164 e. The molecule has 5 heteroatoms. The lowest BCUT2D eigenvalue weighted by atomic mass is 9.59. The molecule has 1 aliphatic carbocycles. The van der Waals surface area contributed by atoms with Crippen LogP contribution in [-0.4, -0.2) is 24.5 Å². The highest BCUT2D eigenvalue weighted by Gasteiger charge is 2.53. The molecule has 3 heterocycles. The molecular weight excluding hydrogens is 384 g/mol. The van der Waals surface area contributed by atoms with Gasteiger partial charge >= 0.3 is 0 Å². The van der Waals surface area contributed by atoms with Crippen molar-refractivity contribution >= 4 is 11.5 Å². The number of allylic oxidation sites excluding steroid dienone is 2. The van der Waals surface area contributed by atoms with Crippen molar-refractivity contribution in [1.29, 1.82) is 0 Å². The molecule has 3 aliphatic heterocycles. The molecule has 1 unspecified atom stereocenters. The molecule has 1 N–H and O–H groups in total. The first kappa shape index (κ1) is 20.5. The molecule has 1 aromatic carbocycles. The van der Waals surface area contributed by atoms with E-state index in [0.29, 0.717) is 12.5 Å². The summed E-state index contributed by atoms with van der Waals surface area (Å²) in [5, 5.41) is 12.3. The molecule has 164 valence electrons. The number of rotatable bonds is 3.